The Morgan fingerprint density at radius 2 is 2.00 bits per heavy atom. The number of carbonyl (C=O) groups excluding carboxylic acids is 3. The van der Waals surface area contributed by atoms with Crippen LogP contribution in [-0.2, 0) is 14.3 Å². The van der Waals surface area contributed by atoms with Crippen LogP contribution in [0.15, 0.2) is 55.9 Å². The van der Waals surface area contributed by atoms with Crippen LogP contribution in [0.3, 0.4) is 0 Å². The number of furan rings is 1. The van der Waals surface area contributed by atoms with Crippen LogP contribution in [0.25, 0.3) is 17.4 Å². The minimum Gasteiger partial charge on any atom is -0.462 e. The zero-order chi connectivity index (χ0) is 22.0. The first-order chi connectivity index (χ1) is 14.3. The molecule has 0 saturated carbocycles. The molecule has 7 nitrogen and oxygen atoms in total. The molecule has 152 valence electrons. The number of hydrogen-bond donors (Lipinski definition) is 0. The van der Waals surface area contributed by atoms with E-state index in [9.17, 15) is 19.6 Å². The highest BCUT2D eigenvalue weighted by molar-refractivity contribution is 9.10. The summed E-state index contributed by atoms with van der Waals surface area (Å²) < 4.78 is 11.7. The molecule has 0 fully saturated rings. The smallest absolute Gasteiger partial charge is 0.338 e. The van der Waals surface area contributed by atoms with Gasteiger partial charge >= 0.3 is 5.97 Å². The van der Waals surface area contributed by atoms with Crippen LogP contribution in [0.1, 0.15) is 30.0 Å². The number of carbonyl (C=O) groups is 3. The summed E-state index contributed by atoms with van der Waals surface area (Å²) in [5.74, 6) is -0.889. The van der Waals surface area contributed by atoms with Crippen molar-refractivity contribution in [3.05, 3.63) is 62.8 Å². The van der Waals surface area contributed by atoms with Gasteiger partial charge in [0.25, 0.3) is 11.8 Å². The van der Waals surface area contributed by atoms with Crippen molar-refractivity contribution < 1.29 is 23.5 Å². The number of hydrogen-bond acceptors (Lipinski definition) is 6. The van der Waals surface area contributed by atoms with Crippen LogP contribution in [-0.4, -0.2) is 36.3 Å². The first-order valence-electron chi connectivity index (χ1n) is 9.00. The Morgan fingerprint density at radius 1 is 1.27 bits per heavy atom. The van der Waals surface area contributed by atoms with Gasteiger partial charge in [0.2, 0.25) is 0 Å². The predicted molar refractivity (Wildman–Crippen MR) is 112 cm³/mol. The molecule has 0 saturated heterocycles. The van der Waals surface area contributed by atoms with Gasteiger partial charge in [-0.15, -0.1) is 0 Å². The summed E-state index contributed by atoms with van der Waals surface area (Å²) in [7, 11) is 1.32. The lowest BCUT2D eigenvalue weighted by molar-refractivity contribution is -0.138. The maximum absolute atomic E-state index is 12.5. The van der Waals surface area contributed by atoms with Crippen molar-refractivity contribution in [3.8, 4) is 17.4 Å². The van der Waals surface area contributed by atoms with Crippen molar-refractivity contribution in [2.24, 2.45) is 0 Å². The van der Waals surface area contributed by atoms with E-state index < -0.39 is 17.8 Å². The standard InChI is InChI=1S/C22H17BrN2O5/c1-4-29-22(28)17-9-13(23)5-7-15(17)19-8-6-14(30-19)10-16-12(2)18(11-24)21(27)25(3)20(16)26/h5-10H,4H2,1-3H3/b16-10+. The monoisotopic (exact) mass is 468 g/mol. The summed E-state index contributed by atoms with van der Waals surface area (Å²) >= 11 is 3.35. The molecule has 0 atom stereocenters. The minimum atomic E-state index is -0.633. The molecule has 1 aliphatic rings. The summed E-state index contributed by atoms with van der Waals surface area (Å²) in [6, 6.07) is 10.3. The quantitative estimate of drug-likeness (QED) is 0.380. The number of halogens is 1. The number of esters is 1. The highest BCUT2D eigenvalue weighted by atomic mass is 79.9. The molecular weight excluding hydrogens is 452 g/mol. The van der Waals surface area contributed by atoms with Crippen molar-refractivity contribution >= 4 is 39.8 Å². The lowest BCUT2D eigenvalue weighted by atomic mass is 9.95. The van der Waals surface area contributed by atoms with Crippen LogP contribution >= 0.6 is 15.9 Å². The second-order valence-corrected chi connectivity index (χ2v) is 7.37. The maximum atomic E-state index is 12.5. The van der Waals surface area contributed by atoms with Crippen molar-refractivity contribution in [1.82, 2.24) is 4.90 Å². The number of amides is 2. The SMILES string of the molecule is CCOC(=O)c1cc(Br)ccc1-c1ccc(/C=C2/C(=O)N(C)C(=O)C(C#N)=C2C)o1. The van der Waals surface area contributed by atoms with Gasteiger partial charge in [0.05, 0.1) is 12.2 Å². The molecule has 3 rings (SSSR count). The van der Waals surface area contributed by atoms with Crippen molar-refractivity contribution in [2.75, 3.05) is 13.7 Å². The van der Waals surface area contributed by atoms with Crippen LogP contribution in [0.4, 0.5) is 0 Å². The number of benzene rings is 1. The third-order valence-electron chi connectivity index (χ3n) is 4.60. The molecule has 0 spiro atoms. The van der Waals surface area contributed by atoms with E-state index in [-0.39, 0.29) is 17.8 Å². The van der Waals surface area contributed by atoms with Gasteiger partial charge in [-0.25, -0.2) is 4.79 Å². The lowest BCUT2D eigenvalue weighted by Gasteiger charge is -2.23. The van der Waals surface area contributed by atoms with E-state index in [1.54, 1.807) is 44.2 Å². The molecule has 2 aromatic rings. The number of likely N-dealkylation sites (N-methyl/N-ethyl adjacent to an activating group) is 1. The molecule has 0 radical (unpaired) electrons. The molecule has 1 aromatic carbocycles. The highest BCUT2D eigenvalue weighted by Crippen LogP contribution is 2.31. The van der Waals surface area contributed by atoms with Crippen LogP contribution in [0, 0.1) is 11.3 Å². The second kappa shape index (κ2) is 8.51. The van der Waals surface area contributed by atoms with E-state index in [2.05, 4.69) is 15.9 Å². The minimum absolute atomic E-state index is 0.0902. The van der Waals surface area contributed by atoms with Gasteiger partial charge in [-0.1, -0.05) is 15.9 Å². The Labute approximate surface area is 181 Å². The predicted octanol–water partition coefficient (Wildman–Crippen LogP) is 4.11. The van der Waals surface area contributed by atoms with E-state index in [4.69, 9.17) is 9.15 Å². The summed E-state index contributed by atoms with van der Waals surface area (Å²) in [6.07, 6.45) is 1.48. The zero-order valence-corrected chi connectivity index (χ0v) is 18.1. The Bertz CT molecular complexity index is 1170. The van der Waals surface area contributed by atoms with E-state index in [0.29, 0.717) is 32.7 Å². The molecule has 0 unspecified atom stereocenters. The molecule has 8 heteroatoms. The van der Waals surface area contributed by atoms with Crippen LogP contribution in [0.2, 0.25) is 0 Å². The van der Waals surface area contributed by atoms with Gasteiger partial charge in [0.15, 0.2) is 0 Å². The largest absolute Gasteiger partial charge is 0.462 e. The fourth-order valence-electron chi connectivity index (χ4n) is 3.02. The maximum Gasteiger partial charge on any atom is 0.338 e. The van der Waals surface area contributed by atoms with Crippen molar-refractivity contribution in [1.29, 1.82) is 5.26 Å². The molecule has 0 bridgehead atoms. The number of nitrogens with zero attached hydrogens (tertiary/aromatic N) is 2. The Kier molecular flexibility index (Phi) is 6.04. The third kappa shape index (κ3) is 3.84. The number of rotatable bonds is 4. The first-order valence-corrected chi connectivity index (χ1v) is 9.80. The van der Waals surface area contributed by atoms with E-state index >= 15 is 0 Å². The lowest BCUT2D eigenvalue weighted by Crippen LogP contribution is -2.39. The topological polar surface area (TPSA) is 101 Å². The van der Waals surface area contributed by atoms with Gasteiger partial charge in [0, 0.05) is 22.7 Å². The average molecular weight is 469 g/mol. The second-order valence-electron chi connectivity index (χ2n) is 6.45. The summed E-state index contributed by atoms with van der Waals surface area (Å²) in [6.45, 7) is 3.51. The van der Waals surface area contributed by atoms with Crippen LogP contribution in [0.5, 0.6) is 0 Å². The molecule has 2 amide bonds. The third-order valence-corrected chi connectivity index (χ3v) is 5.09. The Hall–Kier alpha value is -3.44. The molecule has 2 heterocycles. The van der Waals surface area contributed by atoms with E-state index in [1.807, 2.05) is 6.07 Å². The fourth-order valence-corrected chi connectivity index (χ4v) is 3.39. The average Bonchev–Trinajstić information content (AvgIpc) is 3.18. The molecular formula is C22H17BrN2O5. The number of imide groups is 1. The van der Waals surface area contributed by atoms with E-state index in [1.165, 1.54) is 13.1 Å². The number of nitriles is 1. The van der Waals surface area contributed by atoms with Gasteiger partial charge in [-0.2, -0.15) is 5.26 Å². The summed E-state index contributed by atoms with van der Waals surface area (Å²) in [4.78, 5) is 37.8. The molecule has 0 aliphatic carbocycles. The molecule has 30 heavy (non-hydrogen) atoms. The fraction of sp³-hybridized carbons (Fsp3) is 0.182. The van der Waals surface area contributed by atoms with Crippen LogP contribution < -0.4 is 0 Å². The zero-order valence-electron chi connectivity index (χ0n) is 16.5. The molecule has 1 aliphatic heterocycles. The summed E-state index contributed by atoms with van der Waals surface area (Å²) in [5.41, 5.74) is 1.26. The van der Waals surface area contributed by atoms with Gasteiger partial charge < -0.3 is 9.15 Å². The highest BCUT2D eigenvalue weighted by Gasteiger charge is 2.33. The molecule has 1 aromatic heterocycles. The van der Waals surface area contributed by atoms with Gasteiger partial charge in [-0.05, 0) is 55.8 Å². The normalized spacial score (nSPS) is 15.6. The molecule has 0 N–H and O–H groups in total. The Balaban J connectivity index is 2.05. The summed E-state index contributed by atoms with van der Waals surface area (Å²) in [5, 5.41) is 9.26. The van der Waals surface area contributed by atoms with Crippen molar-refractivity contribution in [2.45, 2.75) is 13.8 Å². The van der Waals surface area contributed by atoms with E-state index in [0.717, 1.165) is 4.90 Å². The van der Waals surface area contributed by atoms with Crippen molar-refractivity contribution in [3.63, 3.8) is 0 Å². The Morgan fingerprint density at radius 3 is 2.67 bits per heavy atom. The van der Waals surface area contributed by atoms with Gasteiger partial charge in [-0.3, -0.25) is 14.5 Å². The first kappa shape index (κ1) is 21.3. The number of ether oxygens (including phenoxy) is 1. The van der Waals surface area contributed by atoms with Gasteiger partial charge in [0.1, 0.15) is 23.2 Å².